The fourth-order valence-electron chi connectivity index (χ4n) is 0.396. The highest BCUT2D eigenvalue weighted by Crippen LogP contribution is 2.01. The van der Waals surface area contributed by atoms with Crippen LogP contribution in [0.1, 0.15) is 13.3 Å². The Morgan fingerprint density at radius 2 is 2.30 bits per heavy atom. The van der Waals surface area contributed by atoms with E-state index in [9.17, 15) is 13.6 Å². The molecule has 0 aliphatic carbocycles. The van der Waals surface area contributed by atoms with Crippen molar-refractivity contribution in [3.63, 3.8) is 0 Å². The fraction of sp³-hybridized carbons (Fsp3) is 0.800. The maximum absolute atomic E-state index is 10.1. The molecule has 0 bridgehead atoms. The van der Waals surface area contributed by atoms with Crippen molar-refractivity contribution in [1.29, 1.82) is 0 Å². The SMILES string of the molecule is CC(CCS(=O)[O-])C(=O)O. The summed E-state index contributed by atoms with van der Waals surface area (Å²) in [7, 11) is 0. The van der Waals surface area contributed by atoms with Crippen LogP contribution in [0.15, 0.2) is 0 Å². The van der Waals surface area contributed by atoms with Crippen LogP contribution in [0.25, 0.3) is 0 Å². The minimum atomic E-state index is -2.12. The first-order valence-corrected chi connectivity index (χ1v) is 4.07. The maximum Gasteiger partial charge on any atom is 0.306 e. The van der Waals surface area contributed by atoms with Gasteiger partial charge in [0.15, 0.2) is 0 Å². The molecule has 0 amide bonds. The van der Waals surface area contributed by atoms with Gasteiger partial charge < -0.3 is 9.66 Å². The summed E-state index contributed by atoms with van der Waals surface area (Å²) in [4.78, 5) is 10.1. The van der Waals surface area contributed by atoms with E-state index in [0.717, 1.165) is 0 Å². The summed E-state index contributed by atoms with van der Waals surface area (Å²) in [6, 6.07) is 0. The topological polar surface area (TPSA) is 77.4 Å². The van der Waals surface area contributed by atoms with Gasteiger partial charge in [0.05, 0.1) is 5.92 Å². The molecule has 0 aromatic carbocycles. The van der Waals surface area contributed by atoms with Crippen LogP contribution in [-0.4, -0.2) is 25.6 Å². The molecular formula is C5H9O4S-. The predicted octanol–water partition coefficient (Wildman–Crippen LogP) is -0.0237. The Bertz CT molecular complexity index is 145. The Kier molecular flexibility index (Phi) is 4.22. The smallest absolute Gasteiger partial charge is 0.306 e. The third-order valence-electron chi connectivity index (χ3n) is 1.14. The van der Waals surface area contributed by atoms with Gasteiger partial charge in [0, 0.05) is 5.75 Å². The number of carboxylic acids is 1. The van der Waals surface area contributed by atoms with Gasteiger partial charge in [-0.1, -0.05) is 18.0 Å². The number of carboxylic acid groups (broad SMARTS) is 1. The Morgan fingerprint density at radius 1 is 1.80 bits per heavy atom. The molecule has 60 valence electrons. The summed E-state index contributed by atoms with van der Waals surface area (Å²) >= 11 is -2.12. The fourth-order valence-corrected chi connectivity index (χ4v) is 0.942. The first-order valence-electron chi connectivity index (χ1n) is 2.82. The van der Waals surface area contributed by atoms with Gasteiger partial charge in [-0.25, -0.2) is 0 Å². The molecule has 4 nitrogen and oxygen atoms in total. The second-order valence-electron chi connectivity index (χ2n) is 2.04. The second kappa shape index (κ2) is 4.40. The average molecular weight is 165 g/mol. The summed E-state index contributed by atoms with van der Waals surface area (Å²) in [6.07, 6.45) is 0.186. The maximum atomic E-state index is 10.1. The lowest BCUT2D eigenvalue weighted by Gasteiger charge is -2.06. The lowest BCUT2D eigenvalue weighted by molar-refractivity contribution is -0.141. The van der Waals surface area contributed by atoms with Crippen LogP contribution in [-0.2, 0) is 15.9 Å². The highest BCUT2D eigenvalue weighted by molar-refractivity contribution is 7.79. The van der Waals surface area contributed by atoms with Gasteiger partial charge in [-0.3, -0.25) is 9.00 Å². The highest BCUT2D eigenvalue weighted by Gasteiger charge is 2.09. The Morgan fingerprint density at radius 3 is 2.60 bits per heavy atom. The molecule has 2 atom stereocenters. The molecule has 10 heavy (non-hydrogen) atoms. The van der Waals surface area contributed by atoms with Gasteiger partial charge in [0.1, 0.15) is 0 Å². The highest BCUT2D eigenvalue weighted by atomic mass is 32.2. The molecule has 0 heterocycles. The standard InChI is InChI=1S/C5H10O4S/c1-4(5(6)7)2-3-10(8)9/h4H,2-3H2,1H3,(H,6,7)(H,8,9)/p-1. The molecule has 1 N–H and O–H groups in total. The van der Waals surface area contributed by atoms with Crippen molar-refractivity contribution in [1.82, 2.24) is 0 Å². The lowest BCUT2D eigenvalue weighted by atomic mass is 10.1. The summed E-state index contributed by atoms with van der Waals surface area (Å²) in [5.41, 5.74) is 0. The van der Waals surface area contributed by atoms with Gasteiger partial charge in [-0.05, 0) is 6.42 Å². The van der Waals surface area contributed by atoms with Crippen molar-refractivity contribution < 1.29 is 18.7 Å². The van der Waals surface area contributed by atoms with Crippen LogP contribution < -0.4 is 0 Å². The quantitative estimate of drug-likeness (QED) is 0.594. The van der Waals surface area contributed by atoms with Gasteiger partial charge in [0.2, 0.25) is 0 Å². The Labute approximate surface area is 61.5 Å². The van der Waals surface area contributed by atoms with Crippen LogP contribution >= 0.6 is 0 Å². The van der Waals surface area contributed by atoms with E-state index >= 15 is 0 Å². The van der Waals surface area contributed by atoms with Crippen molar-refractivity contribution in [2.24, 2.45) is 5.92 Å². The summed E-state index contributed by atoms with van der Waals surface area (Å²) in [5, 5.41) is 8.29. The zero-order valence-corrected chi connectivity index (χ0v) is 6.39. The average Bonchev–Trinajstić information content (AvgIpc) is 1.82. The molecule has 5 heteroatoms. The molecule has 2 unspecified atom stereocenters. The van der Waals surface area contributed by atoms with Crippen molar-refractivity contribution in [2.75, 3.05) is 5.75 Å². The normalized spacial score (nSPS) is 16.2. The zero-order valence-electron chi connectivity index (χ0n) is 5.57. The summed E-state index contributed by atoms with van der Waals surface area (Å²) in [5.74, 6) is -1.60. The zero-order chi connectivity index (χ0) is 8.15. The van der Waals surface area contributed by atoms with Crippen LogP contribution in [0.5, 0.6) is 0 Å². The second-order valence-corrected chi connectivity index (χ2v) is 3.05. The lowest BCUT2D eigenvalue weighted by Crippen LogP contribution is -2.12. The van der Waals surface area contributed by atoms with E-state index in [1.54, 1.807) is 0 Å². The molecule has 0 aromatic heterocycles. The Hall–Kier alpha value is -0.420. The molecular weight excluding hydrogens is 156 g/mol. The van der Waals surface area contributed by atoms with E-state index < -0.39 is 23.0 Å². The van der Waals surface area contributed by atoms with Gasteiger partial charge >= 0.3 is 5.97 Å². The van der Waals surface area contributed by atoms with Crippen molar-refractivity contribution in [3.05, 3.63) is 0 Å². The third-order valence-corrected chi connectivity index (χ3v) is 1.71. The van der Waals surface area contributed by atoms with E-state index in [-0.39, 0.29) is 12.2 Å². The van der Waals surface area contributed by atoms with E-state index in [1.165, 1.54) is 6.92 Å². The summed E-state index contributed by atoms with van der Waals surface area (Å²) in [6.45, 7) is 1.48. The van der Waals surface area contributed by atoms with Crippen LogP contribution in [0, 0.1) is 5.92 Å². The molecule has 0 saturated carbocycles. The number of carbonyl (C=O) groups is 1. The van der Waals surface area contributed by atoms with Gasteiger partial charge in [-0.2, -0.15) is 0 Å². The first kappa shape index (κ1) is 9.58. The molecule has 0 aliphatic heterocycles. The van der Waals surface area contributed by atoms with Crippen molar-refractivity contribution >= 4 is 17.0 Å². The molecule has 0 aliphatic rings. The minimum Gasteiger partial charge on any atom is -0.772 e. The van der Waals surface area contributed by atoms with Gasteiger partial charge in [0.25, 0.3) is 0 Å². The van der Waals surface area contributed by atoms with E-state index in [0.29, 0.717) is 0 Å². The third kappa shape index (κ3) is 4.46. The Balaban J connectivity index is 3.49. The molecule has 0 spiro atoms. The van der Waals surface area contributed by atoms with Gasteiger partial charge in [-0.15, -0.1) is 0 Å². The minimum absolute atomic E-state index is 0.0759. The number of rotatable bonds is 4. The first-order chi connectivity index (χ1) is 4.54. The molecule has 0 radical (unpaired) electrons. The van der Waals surface area contributed by atoms with E-state index in [4.69, 9.17) is 5.11 Å². The molecule has 0 aromatic rings. The monoisotopic (exact) mass is 165 g/mol. The van der Waals surface area contributed by atoms with Crippen LogP contribution in [0.4, 0.5) is 0 Å². The summed E-state index contributed by atoms with van der Waals surface area (Å²) < 4.78 is 19.9. The number of hydrogen-bond acceptors (Lipinski definition) is 3. The van der Waals surface area contributed by atoms with Crippen molar-refractivity contribution in [2.45, 2.75) is 13.3 Å². The number of hydrogen-bond donors (Lipinski definition) is 1. The van der Waals surface area contributed by atoms with E-state index in [1.807, 2.05) is 0 Å². The van der Waals surface area contributed by atoms with Crippen LogP contribution in [0.3, 0.4) is 0 Å². The van der Waals surface area contributed by atoms with Crippen molar-refractivity contribution in [3.8, 4) is 0 Å². The number of aliphatic carboxylic acids is 1. The predicted molar refractivity (Wildman–Crippen MR) is 35.2 cm³/mol. The molecule has 0 fully saturated rings. The van der Waals surface area contributed by atoms with Crippen LogP contribution in [0.2, 0.25) is 0 Å². The molecule has 0 saturated heterocycles. The van der Waals surface area contributed by atoms with E-state index in [2.05, 4.69) is 0 Å². The molecule has 0 rings (SSSR count). The largest absolute Gasteiger partial charge is 0.772 e.